The molecule has 0 fully saturated rings. The lowest BCUT2D eigenvalue weighted by Gasteiger charge is -2.11. The smallest absolute Gasteiger partial charge is 0.253 e. The zero-order valence-electron chi connectivity index (χ0n) is 11.3. The minimum atomic E-state index is -0.185. The lowest BCUT2D eigenvalue weighted by molar-refractivity contribution is 0.0901. The Morgan fingerprint density at radius 1 is 1.42 bits per heavy atom. The monoisotopic (exact) mass is 329 g/mol. The van der Waals surface area contributed by atoms with Gasteiger partial charge in [0.25, 0.3) is 5.91 Å². The van der Waals surface area contributed by atoms with Crippen molar-refractivity contribution in [3.8, 4) is 0 Å². The van der Waals surface area contributed by atoms with Gasteiger partial charge in [-0.3, -0.25) is 4.79 Å². The molecule has 0 atom stereocenters. The fraction of sp³-hybridized carbons (Fsp3) is 0.462. The van der Waals surface area contributed by atoms with Gasteiger partial charge in [-0.05, 0) is 32.3 Å². The molecule has 3 N–H and O–H groups in total. The highest BCUT2D eigenvalue weighted by atomic mass is 79.9. The van der Waals surface area contributed by atoms with Crippen molar-refractivity contribution in [3.05, 3.63) is 28.2 Å². The van der Waals surface area contributed by atoms with Crippen molar-refractivity contribution < 1.29 is 9.53 Å². The largest absolute Gasteiger partial charge is 0.398 e. The van der Waals surface area contributed by atoms with Crippen molar-refractivity contribution in [1.82, 2.24) is 10.2 Å². The molecule has 0 spiro atoms. The third kappa shape index (κ3) is 6.04. The van der Waals surface area contributed by atoms with Gasteiger partial charge in [0.15, 0.2) is 0 Å². The van der Waals surface area contributed by atoms with E-state index in [1.54, 1.807) is 18.2 Å². The van der Waals surface area contributed by atoms with Crippen LogP contribution in [0.15, 0.2) is 22.7 Å². The van der Waals surface area contributed by atoms with Crippen molar-refractivity contribution >= 4 is 27.5 Å². The van der Waals surface area contributed by atoms with E-state index in [-0.39, 0.29) is 5.91 Å². The molecule has 19 heavy (non-hydrogen) atoms. The molecule has 0 aliphatic heterocycles. The summed E-state index contributed by atoms with van der Waals surface area (Å²) in [4.78, 5) is 13.9. The van der Waals surface area contributed by atoms with E-state index in [1.165, 1.54) is 0 Å². The van der Waals surface area contributed by atoms with E-state index in [9.17, 15) is 4.79 Å². The maximum absolute atomic E-state index is 11.9. The highest BCUT2D eigenvalue weighted by Crippen LogP contribution is 2.18. The van der Waals surface area contributed by atoms with E-state index in [4.69, 9.17) is 10.5 Å². The van der Waals surface area contributed by atoms with Gasteiger partial charge in [-0.15, -0.1) is 0 Å². The number of benzene rings is 1. The first-order valence-corrected chi connectivity index (χ1v) is 6.85. The highest BCUT2D eigenvalue weighted by Gasteiger charge is 2.09. The second kappa shape index (κ2) is 8.14. The molecule has 0 heterocycles. The molecule has 0 bridgehead atoms. The SMILES string of the molecule is CN(C)CCOCCNC(=O)c1cc(Br)ccc1N. The Balaban J connectivity index is 2.29. The quantitative estimate of drug-likeness (QED) is 0.585. The van der Waals surface area contributed by atoms with Gasteiger partial charge >= 0.3 is 0 Å². The fourth-order valence-corrected chi connectivity index (χ4v) is 1.77. The molecule has 0 aromatic heterocycles. The van der Waals surface area contributed by atoms with E-state index in [2.05, 4.69) is 21.2 Å². The zero-order valence-corrected chi connectivity index (χ0v) is 12.9. The van der Waals surface area contributed by atoms with E-state index in [0.717, 1.165) is 11.0 Å². The van der Waals surface area contributed by atoms with Crippen molar-refractivity contribution in [2.45, 2.75) is 0 Å². The zero-order chi connectivity index (χ0) is 14.3. The number of nitrogen functional groups attached to an aromatic ring is 1. The van der Waals surface area contributed by atoms with Crippen molar-refractivity contribution in [2.75, 3.05) is 46.1 Å². The maximum atomic E-state index is 11.9. The second-order valence-electron chi connectivity index (χ2n) is 4.40. The number of rotatable bonds is 7. The maximum Gasteiger partial charge on any atom is 0.253 e. The number of carbonyl (C=O) groups is 1. The standard InChI is InChI=1S/C13H20BrN3O2/c1-17(2)6-8-19-7-5-16-13(18)11-9-10(14)3-4-12(11)15/h3-4,9H,5-8,15H2,1-2H3,(H,16,18). The molecule has 0 aliphatic rings. The summed E-state index contributed by atoms with van der Waals surface area (Å²) < 4.78 is 6.22. The molecule has 1 aromatic rings. The van der Waals surface area contributed by atoms with Crippen molar-refractivity contribution in [2.24, 2.45) is 0 Å². The van der Waals surface area contributed by atoms with Crippen LogP contribution in [-0.2, 0) is 4.74 Å². The number of nitrogens with one attached hydrogen (secondary N) is 1. The van der Waals surface area contributed by atoms with Crippen LogP contribution in [0.4, 0.5) is 5.69 Å². The minimum absolute atomic E-state index is 0.185. The molecule has 0 unspecified atom stereocenters. The molecule has 0 saturated carbocycles. The first-order chi connectivity index (χ1) is 9.00. The van der Waals surface area contributed by atoms with Crippen LogP contribution in [0.2, 0.25) is 0 Å². The Hall–Kier alpha value is -1.11. The lowest BCUT2D eigenvalue weighted by atomic mass is 10.1. The number of hydrogen-bond donors (Lipinski definition) is 2. The molecular weight excluding hydrogens is 310 g/mol. The van der Waals surface area contributed by atoms with Crippen LogP contribution in [0.5, 0.6) is 0 Å². The predicted octanol–water partition coefficient (Wildman–Crippen LogP) is 1.34. The summed E-state index contributed by atoms with van der Waals surface area (Å²) >= 11 is 3.32. The van der Waals surface area contributed by atoms with E-state index >= 15 is 0 Å². The average Bonchev–Trinajstić information content (AvgIpc) is 2.36. The number of amides is 1. The van der Waals surface area contributed by atoms with Crippen LogP contribution in [-0.4, -0.2) is 51.2 Å². The minimum Gasteiger partial charge on any atom is -0.398 e. The van der Waals surface area contributed by atoms with Gasteiger partial charge in [-0.25, -0.2) is 0 Å². The number of ether oxygens (including phenoxy) is 1. The first-order valence-electron chi connectivity index (χ1n) is 6.06. The summed E-state index contributed by atoms with van der Waals surface area (Å²) in [6, 6.07) is 5.21. The van der Waals surface area contributed by atoms with Gasteiger partial charge in [0, 0.05) is 23.2 Å². The van der Waals surface area contributed by atoms with Crippen LogP contribution in [0.3, 0.4) is 0 Å². The Labute approximate surface area is 122 Å². The molecular formula is C13H20BrN3O2. The number of likely N-dealkylation sites (N-methyl/N-ethyl adjacent to an activating group) is 1. The van der Waals surface area contributed by atoms with Crippen molar-refractivity contribution in [1.29, 1.82) is 0 Å². The lowest BCUT2D eigenvalue weighted by Crippen LogP contribution is -2.29. The van der Waals surface area contributed by atoms with Gasteiger partial charge in [-0.2, -0.15) is 0 Å². The number of halogens is 1. The summed E-state index contributed by atoms with van der Waals surface area (Å²) in [7, 11) is 3.97. The second-order valence-corrected chi connectivity index (χ2v) is 5.32. The summed E-state index contributed by atoms with van der Waals surface area (Å²) in [5.41, 5.74) is 6.70. The van der Waals surface area contributed by atoms with Crippen LogP contribution >= 0.6 is 15.9 Å². The predicted molar refractivity (Wildman–Crippen MR) is 80.3 cm³/mol. The summed E-state index contributed by atoms with van der Waals surface area (Å²) in [6.07, 6.45) is 0. The van der Waals surface area contributed by atoms with Crippen LogP contribution < -0.4 is 11.1 Å². The number of anilines is 1. The average molecular weight is 330 g/mol. The van der Waals surface area contributed by atoms with E-state index in [1.807, 2.05) is 19.0 Å². The van der Waals surface area contributed by atoms with Gasteiger partial charge in [0.05, 0.1) is 18.8 Å². The molecule has 0 radical (unpaired) electrons. The summed E-state index contributed by atoms with van der Waals surface area (Å²) in [5, 5.41) is 2.78. The first kappa shape index (κ1) is 15.9. The third-order valence-electron chi connectivity index (χ3n) is 2.47. The molecule has 1 amide bonds. The third-order valence-corrected chi connectivity index (χ3v) is 2.97. The summed E-state index contributed by atoms with van der Waals surface area (Å²) in [6.45, 7) is 2.49. The molecule has 1 aromatic carbocycles. The fourth-order valence-electron chi connectivity index (χ4n) is 1.41. The van der Waals surface area contributed by atoms with Crippen LogP contribution in [0.25, 0.3) is 0 Å². The van der Waals surface area contributed by atoms with Gasteiger partial charge in [0.2, 0.25) is 0 Å². The molecule has 1 rings (SSSR count). The number of carbonyl (C=O) groups excluding carboxylic acids is 1. The molecule has 0 aliphatic carbocycles. The van der Waals surface area contributed by atoms with Gasteiger partial charge < -0.3 is 20.7 Å². The Kier molecular flexibility index (Phi) is 6.83. The number of nitrogens with zero attached hydrogens (tertiary/aromatic N) is 1. The molecule has 5 nitrogen and oxygen atoms in total. The van der Waals surface area contributed by atoms with Gasteiger partial charge in [0.1, 0.15) is 0 Å². The van der Waals surface area contributed by atoms with Crippen molar-refractivity contribution in [3.63, 3.8) is 0 Å². The molecule has 106 valence electrons. The Morgan fingerprint density at radius 2 is 2.16 bits per heavy atom. The molecule has 0 saturated heterocycles. The van der Waals surface area contributed by atoms with Crippen LogP contribution in [0.1, 0.15) is 10.4 Å². The van der Waals surface area contributed by atoms with Crippen LogP contribution in [0, 0.1) is 0 Å². The summed E-state index contributed by atoms with van der Waals surface area (Å²) in [5.74, 6) is -0.185. The normalized spacial score (nSPS) is 10.7. The Morgan fingerprint density at radius 3 is 2.84 bits per heavy atom. The topological polar surface area (TPSA) is 67.6 Å². The Bertz CT molecular complexity index is 424. The highest BCUT2D eigenvalue weighted by molar-refractivity contribution is 9.10. The number of hydrogen-bond acceptors (Lipinski definition) is 4. The van der Waals surface area contributed by atoms with E-state index < -0.39 is 0 Å². The number of nitrogens with two attached hydrogens (primary N) is 1. The molecule has 6 heteroatoms. The van der Waals surface area contributed by atoms with Gasteiger partial charge in [-0.1, -0.05) is 15.9 Å². The van der Waals surface area contributed by atoms with E-state index in [0.29, 0.717) is 31.0 Å².